The van der Waals surface area contributed by atoms with E-state index in [-0.39, 0.29) is 5.16 Å². The number of rotatable bonds is 3. The third-order valence-corrected chi connectivity index (χ3v) is 3.45. The number of hydrogen-bond acceptors (Lipinski definition) is 2. The van der Waals surface area contributed by atoms with Crippen LogP contribution >= 0.6 is 8.03 Å². The van der Waals surface area contributed by atoms with Gasteiger partial charge in [0, 0.05) is 12.3 Å². The maximum Gasteiger partial charge on any atom is 0.196 e. The predicted octanol–water partition coefficient (Wildman–Crippen LogP) is 2.30. The second-order valence-electron chi connectivity index (χ2n) is 2.73. The first-order valence-electron chi connectivity index (χ1n) is 3.13. The molecule has 0 heterocycles. The fourth-order valence-electron chi connectivity index (χ4n) is 0.421. The second kappa shape index (κ2) is 3.38. The molecule has 1 atom stereocenters. The topological polar surface area (TPSA) is 26.3 Å². The third-order valence-electron chi connectivity index (χ3n) is 1.62. The minimum Gasteiger partial charge on any atom is -0.333 e. The van der Waals surface area contributed by atoms with Gasteiger partial charge >= 0.3 is 0 Å². The van der Waals surface area contributed by atoms with E-state index in [2.05, 4.69) is 0 Å². The van der Waals surface area contributed by atoms with Gasteiger partial charge in [-0.1, -0.05) is 20.8 Å². The average Bonchev–Trinajstić information content (AvgIpc) is 1.86. The Morgan fingerprint density at radius 2 is 2.00 bits per heavy atom. The summed E-state index contributed by atoms with van der Waals surface area (Å²) in [5, 5.41) is -0.126. The molecule has 0 aromatic carbocycles. The van der Waals surface area contributed by atoms with Crippen molar-refractivity contribution in [1.29, 1.82) is 0 Å². The van der Waals surface area contributed by atoms with Gasteiger partial charge in [0.1, 0.15) is 0 Å². The van der Waals surface area contributed by atoms with E-state index in [0.717, 1.165) is 6.42 Å². The zero-order chi connectivity index (χ0) is 7.49. The van der Waals surface area contributed by atoms with E-state index in [1.807, 2.05) is 20.8 Å². The average molecular weight is 150 g/mol. The Hall–Kier alpha value is 0.190. The second-order valence-corrected chi connectivity index (χ2v) is 5.07. The molecule has 0 N–H and O–H groups in total. The first-order chi connectivity index (χ1) is 4.04. The van der Waals surface area contributed by atoms with Crippen LogP contribution in [0.15, 0.2) is 0 Å². The van der Waals surface area contributed by atoms with Gasteiger partial charge in [-0.05, 0) is 6.42 Å². The summed E-state index contributed by atoms with van der Waals surface area (Å²) in [6.07, 6.45) is 0.901. The van der Waals surface area contributed by atoms with Crippen LogP contribution in [-0.4, -0.2) is 12.3 Å². The quantitative estimate of drug-likeness (QED) is 0.577. The molecule has 0 fully saturated rings. The molecule has 0 aromatic rings. The van der Waals surface area contributed by atoms with E-state index < -0.39 is 8.03 Å². The molecule has 2 nitrogen and oxygen atoms in total. The van der Waals surface area contributed by atoms with Crippen LogP contribution in [0.5, 0.6) is 0 Å². The summed E-state index contributed by atoms with van der Waals surface area (Å²) in [5.74, 6) is 0. The maximum absolute atomic E-state index is 11.0. The Bertz CT molecular complexity index is 110. The lowest BCUT2D eigenvalue weighted by molar-refractivity contribution is 0.386. The van der Waals surface area contributed by atoms with Crippen LogP contribution in [0.2, 0.25) is 0 Å². The van der Waals surface area contributed by atoms with Gasteiger partial charge in [-0.15, -0.1) is 0 Å². The summed E-state index contributed by atoms with van der Waals surface area (Å²) in [5.41, 5.74) is 0. The van der Waals surface area contributed by atoms with Crippen molar-refractivity contribution in [2.24, 2.45) is 0 Å². The van der Waals surface area contributed by atoms with Gasteiger partial charge in [-0.2, -0.15) is 0 Å². The Balaban J connectivity index is 3.97. The van der Waals surface area contributed by atoms with E-state index in [0.29, 0.717) is 0 Å². The van der Waals surface area contributed by atoms with Crippen molar-refractivity contribution in [3.63, 3.8) is 0 Å². The molecule has 0 bridgehead atoms. The van der Waals surface area contributed by atoms with Crippen LogP contribution in [-0.2, 0) is 9.09 Å². The lowest BCUT2D eigenvalue weighted by Crippen LogP contribution is -2.12. The first-order valence-corrected chi connectivity index (χ1v) is 4.44. The van der Waals surface area contributed by atoms with Crippen molar-refractivity contribution in [2.75, 3.05) is 7.11 Å². The Labute approximate surface area is 57.5 Å². The fraction of sp³-hybridized carbons (Fsp3) is 1.00. The highest BCUT2D eigenvalue weighted by Crippen LogP contribution is 2.40. The lowest BCUT2D eigenvalue weighted by atomic mass is 10.1. The zero-order valence-corrected chi connectivity index (χ0v) is 7.52. The van der Waals surface area contributed by atoms with Crippen molar-refractivity contribution in [3.8, 4) is 0 Å². The normalized spacial score (nSPS) is 15.6. The summed E-state index contributed by atoms with van der Waals surface area (Å²) in [6.45, 7) is 5.93. The molecule has 3 heteroatoms. The van der Waals surface area contributed by atoms with Gasteiger partial charge in [0.25, 0.3) is 0 Å². The van der Waals surface area contributed by atoms with Crippen LogP contribution < -0.4 is 0 Å². The zero-order valence-electron chi connectivity index (χ0n) is 6.52. The molecule has 56 valence electrons. The molecule has 0 saturated carbocycles. The van der Waals surface area contributed by atoms with Crippen LogP contribution in [0.4, 0.5) is 0 Å². The highest BCUT2D eigenvalue weighted by molar-refractivity contribution is 7.41. The molecule has 1 unspecified atom stereocenters. The molecule has 0 aromatic heterocycles. The van der Waals surface area contributed by atoms with Gasteiger partial charge in [0.05, 0.1) is 0 Å². The SMILES string of the molecule is CCC(C)(C)[PH](=O)OC. The maximum atomic E-state index is 11.0. The van der Waals surface area contributed by atoms with Crippen LogP contribution in [0.3, 0.4) is 0 Å². The summed E-state index contributed by atoms with van der Waals surface area (Å²) in [4.78, 5) is 0. The Morgan fingerprint density at radius 1 is 1.56 bits per heavy atom. The monoisotopic (exact) mass is 150 g/mol. The lowest BCUT2D eigenvalue weighted by Gasteiger charge is -2.19. The Kier molecular flexibility index (Phi) is 3.45. The summed E-state index contributed by atoms with van der Waals surface area (Å²) >= 11 is 0. The van der Waals surface area contributed by atoms with E-state index in [1.165, 1.54) is 7.11 Å². The standard InChI is InChI=1S/C6H15O2P/c1-5-6(2,3)9(7)8-4/h9H,5H2,1-4H3. The van der Waals surface area contributed by atoms with Crippen molar-refractivity contribution in [1.82, 2.24) is 0 Å². The van der Waals surface area contributed by atoms with E-state index in [9.17, 15) is 4.57 Å². The molecule has 0 spiro atoms. The van der Waals surface area contributed by atoms with Crippen LogP contribution in [0.25, 0.3) is 0 Å². The highest BCUT2D eigenvalue weighted by Gasteiger charge is 2.22. The largest absolute Gasteiger partial charge is 0.333 e. The molecule has 0 rings (SSSR count). The summed E-state index contributed by atoms with van der Waals surface area (Å²) in [6, 6.07) is 0. The predicted molar refractivity (Wildman–Crippen MR) is 40.4 cm³/mol. The van der Waals surface area contributed by atoms with E-state index in [4.69, 9.17) is 4.52 Å². The summed E-state index contributed by atoms with van der Waals surface area (Å²) < 4.78 is 15.8. The molecule has 9 heavy (non-hydrogen) atoms. The van der Waals surface area contributed by atoms with Crippen LogP contribution in [0, 0.1) is 0 Å². The van der Waals surface area contributed by atoms with Crippen molar-refractivity contribution >= 4 is 8.03 Å². The molecule has 0 aliphatic carbocycles. The van der Waals surface area contributed by atoms with Gasteiger partial charge in [0.15, 0.2) is 8.03 Å². The van der Waals surface area contributed by atoms with Crippen molar-refractivity contribution in [2.45, 2.75) is 32.3 Å². The van der Waals surface area contributed by atoms with Gasteiger partial charge in [-0.25, -0.2) is 0 Å². The minimum atomic E-state index is -1.81. The van der Waals surface area contributed by atoms with Crippen molar-refractivity contribution < 1.29 is 9.09 Å². The first kappa shape index (κ1) is 9.19. The molecule has 0 amide bonds. The van der Waals surface area contributed by atoms with Crippen molar-refractivity contribution in [3.05, 3.63) is 0 Å². The molecule has 0 aliphatic heterocycles. The third kappa shape index (κ3) is 2.51. The fourth-order valence-corrected chi connectivity index (χ4v) is 1.26. The van der Waals surface area contributed by atoms with Gasteiger partial charge in [-0.3, -0.25) is 4.57 Å². The highest BCUT2D eigenvalue weighted by atomic mass is 31.1. The van der Waals surface area contributed by atoms with E-state index in [1.54, 1.807) is 0 Å². The minimum absolute atomic E-state index is 0.126. The molecular formula is C6H15O2P. The van der Waals surface area contributed by atoms with E-state index >= 15 is 0 Å². The smallest absolute Gasteiger partial charge is 0.196 e. The molecule has 0 aliphatic rings. The molecule has 0 radical (unpaired) electrons. The summed E-state index contributed by atoms with van der Waals surface area (Å²) in [7, 11) is -0.307. The Morgan fingerprint density at radius 3 is 2.11 bits per heavy atom. The van der Waals surface area contributed by atoms with Gasteiger partial charge in [0.2, 0.25) is 0 Å². The van der Waals surface area contributed by atoms with Gasteiger partial charge < -0.3 is 4.52 Å². The van der Waals surface area contributed by atoms with Crippen LogP contribution in [0.1, 0.15) is 27.2 Å². The molecule has 0 saturated heterocycles. The molecular weight excluding hydrogens is 135 g/mol. The number of hydrogen-bond donors (Lipinski definition) is 0.